The zero-order valence-electron chi connectivity index (χ0n) is 8.36. The average Bonchev–Trinajstić information content (AvgIpc) is 2.61. The molecule has 1 rings (SSSR count). The summed E-state index contributed by atoms with van der Waals surface area (Å²) < 4.78 is 26.3. The Balaban J connectivity index is 2.91. The van der Waals surface area contributed by atoms with Crippen molar-refractivity contribution in [2.24, 2.45) is 7.05 Å². The van der Waals surface area contributed by atoms with Crippen molar-refractivity contribution in [3.63, 3.8) is 0 Å². The number of aryl methyl sites for hydroxylation is 1. The highest BCUT2D eigenvalue weighted by atomic mass is 32.2. The summed E-state index contributed by atoms with van der Waals surface area (Å²) >= 11 is 0. The first-order valence-electron chi connectivity index (χ1n) is 4.21. The third-order valence-corrected chi connectivity index (χ3v) is 3.20. The smallest absolute Gasteiger partial charge is 0.324 e. The lowest BCUT2D eigenvalue weighted by Gasteiger charge is -2.10. The van der Waals surface area contributed by atoms with E-state index in [1.165, 1.54) is 17.9 Å². The normalized spacial score (nSPS) is 13.6. The number of aromatic nitrogens is 2. The Morgan fingerprint density at radius 3 is 2.69 bits per heavy atom. The first kappa shape index (κ1) is 12.6. The van der Waals surface area contributed by atoms with Gasteiger partial charge in [-0.2, -0.15) is 9.82 Å². The molecular formula is C7H11N3O5S. The standard InChI is InChI=1S/C7H11N3O5S/c1-10-3-5(2-8-10)16(14,15)9-6(4-11)7(12)13/h2-3,6,9,11H,4H2,1H3,(H,12,13). The van der Waals surface area contributed by atoms with Crippen LogP contribution in [0.2, 0.25) is 0 Å². The number of rotatable bonds is 5. The summed E-state index contributed by atoms with van der Waals surface area (Å²) in [6, 6.07) is -1.56. The summed E-state index contributed by atoms with van der Waals surface area (Å²) in [4.78, 5) is 10.4. The number of sulfonamides is 1. The number of nitrogens with zero attached hydrogens (tertiary/aromatic N) is 2. The number of aliphatic carboxylic acids is 1. The molecule has 8 nitrogen and oxygen atoms in total. The van der Waals surface area contributed by atoms with Crippen LogP contribution in [0.3, 0.4) is 0 Å². The zero-order valence-corrected chi connectivity index (χ0v) is 9.18. The molecule has 0 amide bonds. The zero-order chi connectivity index (χ0) is 12.3. The fourth-order valence-electron chi connectivity index (χ4n) is 0.959. The van der Waals surface area contributed by atoms with Gasteiger partial charge in [-0.05, 0) is 0 Å². The molecule has 3 N–H and O–H groups in total. The van der Waals surface area contributed by atoms with E-state index in [0.717, 1.165) is 6.20 Å². The minimum Gasteiger partial charge on any atom is -0.480 e. The van der Waals surface area contributed by atoms with E-state index >= 15 is 0 Å². The second kappa shape index (κ2) is 4.60. The third-order valence-electron chi connectivity index (χ3n) is 1.77. The SMILES string of the molecule is Cn1cc(S(=O)(=O)NC(CO)C(=O)O)cn1. The highest BCUT2D eigenvalue weighted by Crippen LogP contribution is 2.06. The first-order valence-corrected chi connectivity index (χ1v) is 5.70. The van der Waals surface area contributed by atoms with Gasteiger partial charge in [0.2, 0.25) is 10.0 Å². The Kier molecular flexibility index (Phi) is 3.62. The van der Waals surface area contributed by atoms with Gasteiger partial charge in [0.1, 0.15) is 10.9 Å². The van der Waals surface area contributed by atoms with Gasteiger partial charge in [0.05, 0.1) is 12.8 Å². The molecule has 0 spiro atoms. The topological polar surface area (TPSA) is 122 Å². The van der Waals surface area contributed by atoms with Gasteiger partial charge in [-0.1, -0.05) is 0 Å². The molecule has 9 heteroatoms. The van der Waals surface area contributed by atoms with Crippen LogP contribution in [0.25, 0.3) is 0 Å². The second-order valence-electron chi connectivity index (χ2n) is 3.04. The van der Waals surface area contributed by atoms with Crippen LogP contribution in [0.1, 0.15) is 0 Å². The predicted octanol–water partition coefficient (Wildman–Crippen LogP) is -1.86. The molecular weight excluding hydrogens is 238 g/mol. The summed E-state index contributed by atoms with van der Waals surface area (Å²) in [5.74, 6) is -1.45. The molecule has 0 radical (unpaired) electrons. The summed E-state index contributed by atoms with van der Waals surface area (Å²) in [7, 11) is -2.44. The fourth-order valence-corrected chi connectivity index (χ4v) is 2.12. The van der Waals surface area contributed by atoms with E-state index in [2.05, 4.69) is 5.10 Å². The predicted molar refractivity (Wildman–Crippen MR) is 52.0 cm³/mol. The lowest BCUT2D eigenvalue weighted by atomic mass is 10.3. The Bertz CT molecular complexity index is 480. The molecule has 1 aromatic rings. The van der Waals surface area contributed by atoms with Crippen LogP contribution in [-0.4, -0.2) is 47.0 Å². The summed E-state index contributed by atoms with van der Waals surface area (Å²) in [5.41, 5.74) is 0. The Hall–Kier alpha value is -1.45. The van der Waals surface area contributed by atoms with Crippen LogP contribution < -0.4 is 4.72 Å². The summed E-state index contributed by atoms with van der Waals surface area (Å²) in [5, 5.41) is 20.9. The highest BCUT2D eigenvalue weighted by Gasteiger charge is 2.25. The molecule has 0 aliphatic rings. The van der Waals surface area contributed by atoms with Gasteiger partial charge in [-0.3, -0.25) is 9.48 Å². The molecule has 0 bridgehead atoms. The van der Waals surface area contributed by atoms with Crippen molar-refractivity contribution in [1.29, 1.82) is 0 Å². The first-order chi connectivity index (χ1) is 7.36. The van der Waals surface area contributed by atoms with Gasteiger partial charge in [-0.25, -0.2) is 8.42 Å². The van der Waals surface area contributed by atoms with E-state index in [-0.39, 0.29) is 4.90 Å². The van der Waals surface area contributed by atoms with Crippen LogP contribution in [0.4, 0.5) is 0 Å². The van der Waals surface area contributed by atoms with Gasteiger partial charge < -0.3 is 10.2 Å². The molecule has 90 valence electrons. The number of aliphatic hydroxyl groups excluding tert-OH is 1. The van der Waals surface area contributed by atoms with E-state index in [1.54, 1.807) is 0 Å². The largest absolute Gasteiger partial charge is 0.480 e. The van der Waals surface area contributed by atoms with Gasteiger partial charge in [0, 0.05) is 13.2 Å². The van der Waals surface area contributed by atoms with Crippen LogP contribution in [0.15, 0.2) is 17.3 Å². The van der Waals surface area contributed by atoms with E-state index in [0.29, 0.717) is 0 Å². The van der Waals surface area contributed by atoms with Gasteiger partial charge in [0.25, 0.3) is 0 Å². The molecule has 0 saturated heterocycles. The molecule has 0 aliphatic heterocycles. The maximum Gasteiger partial charge on any atom is 0.324 e. The minimum absolute atomic E-state index is 0.158. The van der Waals surface area contributed by atoms with Crippen LogP contribution in [0.5, 0.6) is 0 Å². The molecule has 0 aliphatic carbocycles. The maximum atomic E-state index is 11.6. The number of carbonyl (C=O) groups is 1. The van der Waals surface area contributed by atoms with Gasteiger partial charge in [-0.15, -0.1) is 0 Å². The number of hydrogen-bond donors (Lipinski definition) is 3. The maximum absolute atomic E-state index is 11.6. The molecule has 1 heterocycles. The van der Waals surface area contributed by atoms with Crippen molar-refractivity contribution in [3.05, 3.63) is 12.4 Å². The van der Waals surface area contributed by atoms with E-state index < -0.39 is 28.6 Å². The van der Waals surface area contributed by atoms with Crippen molar-refractivity contribution in [2.75, 3.05) is 6.61 Å². The van der Waals surface area contributed by atoms with E-state index in [9.17, 15) is 13.2 Å². The number of carboxylic acids is 1. The average molecular weight is 249 g/mol. The second-order valence-corrected chi connectivity index (χ2v) is 4.76. The van der Waals surface area contributed by atoms with Crippen LogP contribution in [-0.2, 0) is 21.9 Å². The van der Waals surface area contributed by atoms with Crippen molar-refractivity contribution < 1.29 is 23.4 Å². The number of aliphatic hydroxyl groups is 1. The Labute approximate surface area is 91.6 Å². The number of carboxylic acid groups (broad SMARTS) is 1. The lowest BCUT2D eigenvalue weighted by molar-refractivity contribution is -0.139. The molecule has 1 atom stereocenters. The fraction of sp³-hybridized carbons (Fsp3) is 0.429. The van der Waals surface area contributed by atoms with E-state index in [4.69, 9.17) is 10.2 Å². The lowest BCUT2D eigenvalue weighted by Crippen LogP contribution is -2.43. The Morgan fingerprint density at radius 2 is 2.31 bits per heavy atom. The third kappa shape index (κ3) is 2.78. The number of nitrogens with one attached hydrogen (secondary N) is 1. The van der Waals surface area contributed by atoms with Gasteiger partial charge in [0.15, 0.2) is 0 Å². The highest BCUT2D eigenvalue weighted by molar-refractivity contribution is 7.89. The van der Waals surface area contributed by atoms with Crippen molar-refractivity contribution in [2.45, 2.75) is 10.9 Å². The van der Waals surface area contributed by atoms with Crippen LogP contribution >= 0.6 is 0 Å². The summed E-state index contributed by atoms with van der Waals surface area (Å²) in [6.45, 7) is -0.825. The molecule has 16 heavy (non-hydrogen) atoms. The van der Waals surface area contributed by atoms with E-state index in [1.807, 2.05) is 4.72 Å². The van der Waals surface area contributed by atoms with Crippen LogP contribution in [0, 0.1) is 0 Å². The van der Waals surface area contributed by atoms with Crippen molar-refractivity contribution >= 4 is 16.0 Å². The molecule has 0 saturated carbocycles. The minimum atomic E-state index is -3.97. The van der Waals surface area contributed by atoms with Crippen molar-refractivity contribution in [3.8, 4) is 0 Å². The molecule has 0 aromatic carbocycles. The molecule has 1 aromatic heterocycles. The Morgan fingerprint density at radius 1 is 1.69 bits per heavy atom. The molecule has 0 fully saturated rings. The quantitative estimate of drug-likeness (QED) is 0.563. The monoisotopic (exact) mass is 249 g/mol. The van der Waals surface area contributed by atoms with Crippen molar-refractivity contribution in [1.82, 2.24) is 14.5 Å². The number of hydrogen-bond acceptors (Lipinski definition) is 5. The molecule has 1 unspecified atom stereocenters. The summed E-state index contributed by atoms with van der Waals surface area (Å²) in [6.07, 6.45) is 2.30. The van der Waals surface area contributed by atoms with Gasteiger partial charge >= 0.3 is 5.97 Å².